The number of aromatic nitrogens is 5. The van der Waals surface area contributed by atoms with Gasteiger partial charge in [-0.25, -0.2) is 4.68 Å². The van der Waals surface area contributed by atoms with E-state index in [1.807, 2.05) is 50.4 Å². The van der Waals surface area contributed by atoms with Gasteiger partial charge in [0.25, 0.3) is 0 Å². The molecule has 0 radical (unpaired) electrons. The summed E-state index contributed by atoms with van der Waals surface area (Å²) in [6, 6.07) is 11.5. The number of rotatable bonds is 3. The van der Waals surface area contributed by atoms with Gasteiger partial charge in [-0.3, -0.25) is 4.68 Å². The number of aryl methyl sites for hydroxylation is 2. The molecule has 1 unspecified atom stereocenters. The molecule has 0 amide bonds. The summed E-state index contributed by atoms with van der Waals surface area (Å²) in [6.07, 6.45) is 1.69. The number of hydrogen-bond donors (Lipinski definition) is 1. The Hall–Kier alpha value is -2.47. The molecule has 1 atom stereocenters. The van der Waals surface area contributed by atoms with Crippen LogP contribution in [0.5, 0.6) is 0 Å². The Labute approximate surface area is 116 Å². The van der Waals surface area contributed by atoms with Gasteiger partial charge in [-0.05, 0) is 25.1 Å². The van der Waals surface area contributed by atoms with Crippen molar-refractivity contribution in [3.8, 4) is 5.69 Å². The van der Waals surface area contributed by atoms with E-state index in [4.69, 9.17) is 5.73 Å². The zero-order chi connectivity index (χ0) is 14.1. The van der Waals surface area contributed by atoms with Crippen LogP contribution in [0.25, 0.3) is 5.69 Å². The molecule has 20 heavy (non-hydrogen) atoms. The third kappa shape index (κ3) is 2.10. The summed E-state index contributed by atoms with van der Waals surface area (Å²) < 4.78 is 3.55. The SMILES string of the molecule is Cc1cc(C(N)c2cnnn2-c2ccccc2)n(C)n1. The van der Waals surface area contributed by atoms with Crippen LogP contribution in [0.3, 0.4) is 0 Å². The Bertz CT molecular complexity index is 712. The fraction of sp³-hybridized carbons (Fsp3) is 0.214. The zero-order valence-electron chi connectivity index (χ0n) is 11.4. The minimum atomic E-state index is -0.323. The molecule has 2 heterocycles. The van der Waals surface area contributed by atoms with E-state index < -0.39 is 0 Å². The number of benzene rings is 1. The van der Waals surface area contributed by atoms with Crippen LogP contribution >= 0.6 is 0 Å². The van der Waals surface area contributed by atoms with Crippen LogP contribution < -0.4 is 5.73 Å². The summed E-state index contributed by atoms with van der Waals surface area (Å²) in [4.78, 5) is 0. The second-order valence-corrected chi connectivity index (χ2v) is 4.72. The topological polar surface area (TPSA) is 74.5 Å². The van der Waals surface area contributed by atoms with Gasteiger partial charge in [0.2, 0.25) is 0 Å². The highest BCUT2D eigenvalue weighted by molar-refractivity contribution is 5.34. The maximum absolute atomic E-state index is 6.35. The summed E-state index contributed by atoms with van der Waals surface area (Å²) >= 11 is 0. The quantitative estimate of drug-likeness (QED) is 0.778. The Kier molecular flexibility index (Phi) is 3.08. The van der Waals surface area contributed by atoms with E-state index >= 15 is 0 Å². The second kappa shape index (κ2) is 4.90. The molecule has 0 aliphatic rings. The largest absolute Gasteiger partial charge is 0.318 e. The molecular formula is C14H16N6. The lowest BCUT2D eigenvalue weighted by Gasteiger charge is -2.13. The Morgan fingerprint density at radius 1 is 1.15 bits per heavy atom. The van der Waals surface area contributed by atoms with E-state index in [0.717, 1.165) is 22.8 Å². The minimum absolute atomic E-state index is 0.323. The van der Waals surface area contributed by atoms with Gasteiger partial charge in [0, 0.05) is 7.05 Å². The highest BCUT2D eigenvalue weighted by atomic mass is 15.4. The van der Waals surface area contributed by atoms with Crippen molar-refractivity contribution in [1.82, 2.24) is 24.8 Å². The fourth-order valence-electron chi connectivity index (χ4n) is 2.30. The van der Waals surface area contributed by atoms with Gasteiger partial charge in [0.05, 0.1) is 35.0 Å². The van der Waals surface area contributed by atoms with Crippen molar-refractivity contribution in [3.63, 3.8) is 0 Å². The predicted octanol–water partition coefficient (Wildman–Crippen LogP) is 1.36. The standard InChI is InChI=1S/C14H16N6/c1-10-8-12(19(2)17-10)14(15)13-9-16-18-20(13)11-6-4-3-5-7-11/h3-9,14H,15H2,1-2H3. The van der Waals surface area contributed by atoms with E-state index in [2.05, 4.69) is 15.4 Å². The fourth-order valence-corrected chi connectivity index (χ4v) is 2.30. The highest BCUT2D eigenvalue weighted by Gasteiger charge is 2.19. The summed E-state index contributed by atoms with van der Waals surface area (Å²) in [6.45, 7) is 1.95. The number of hydrogen-bond acceptors (Lipinski definition) is 4. The average Bonchev–Trinajstić information content (AvgIpc) is 3.05. The van der Waals surface area contributed by atoms with E-state index in [0.29, 0.717) is 0 Å². The molecule has 0 saturated heterocycles. The third-order valence-electron chi connectivity index (χ3n) is 3.25. The molecule has 2 aromatic heterocycles. The Balaban J connectivity index is 2.04. The molecule has 1 aromatic carbocycles. The maximum Gasteiger partial charge on any atom is 0.0914 e. The first-order valence-corrected chi connectivity index (χ1v) is 6.39. The monoisotopic (exact) mass is 268 g/mol. The van der Waals surface area contributed by atoms with Gasteiger partial charge in [0.15, 0.2) is 0 Å². The van der Waals surface area contributed by atoms with E-state index in [1.54, 1.807) is 15.6 Å². The van der Waals surface area contributed by atoms with Crippen molar-refractivity contribution in [2.24, 2.45) is 12.8 Å². The van der Waals surface area contributed by atoms with Crippen molar-refractivity contribution in [2.45, 2.75) is 13.0 Å². The maximum atomic E-state index is 6.35. The lowest BCUT2D eigenvalue weighted by molar-refractivity contribution is 0.640. The van der Waals surface area contributed by atoms with E-state index in [9.17, 15) is 0 Å². The number of para-hydroxylation sites is 1. The molecule has 6 heteroatoms. The summed E-state index contributed by atoms with van der Waals surface area (Å²) in [7, 11) is 1.89. The van der Waals surface area contributed by atoms with Gasteiger partial charge in [-0.2, -0.15) is 5.10 Å². The van der Waals surface area contributed by atoms with E-state index in [-0.39, 0.29) is 6.04 Å². The smallest absolute Gasteiger partial charge is 0.0914 e. The molecule has 3 rings (SSSR count). The predicted molar refractivity (Wildman–Crippen MR) is 75.3 cm³/mol. The molecule has 102 valence electrons. The van der Waals surface area contributed by atoms with Gasteiger partial charge in [-0.15, -0.1) is 5.10 Å². The van der Waals surface area contributed by atoms with Crippen molar-refractivity contribution < 1.29 is 0 Å². The second-order valence-electron chi connectivity index (χ2n) is 4.72. The van der Waals surface area contributed by atoms with Gasteiger partial charge >= 0.3 is 0 Å². The van der Waals surface area contributed by atoms with Crippen LogP contribution in [0.2, 0.25) is 0 Å². The van der Waals surface area contributed by atoms with Crippen molar-refractivity contribution in [3.05, 3.63) is 59.7 Å². The molecule has 6 nitrogen and oxygen atoms in total. The van der Waals surface area contributed by atoms with Gasteiger partial charge in [0.1, 0.15) is 0 Å². The molecular weight excluding hydrogens is 252 g/mol. The first-order valence-electron chi connectivity index (χ1n) is 6.39. The molecule has 0 aliphatic carbocycles. The molecule has 0 spiro atoms. The van der Waals surface area contributed by atoms with Crippen LogP contribution in [-0.2, 0) is 7.05 Å². The number of nitrogens with zero attached hydrogens (tertiary/aromatic N) is 5. The molecule has 0 fully saturated rings. The highest BCUT2D eigenvalue weighted by Crippen LogP contribution is 2.21. The normalized spacial score (nSPS) is 12.6. The lowest BCUT2D eigenvalue weighted by atomic mass is 10.1. The Morgan fingerprint density at radius 3 is 2.55 bits per heavy atom. The third-order valence-corrected chi connectivity index (χ3v) is 3.25. The van der Waals surface area contributed by atoms with Crippen molar-refractivity contribution in [1.29, 1.82) is 0 Å². The molecule has 0 aliphatic heterocycles. The summed E-state index contributed by atoms with van der Waals surface area (Å²) in [5.74, 6) is 0. The zero-order valence-corrected chi connectivity index (χ0v) is 11.4. The summed E-state index contributed by atoms with van der Waals surface area (Å²) in [5, 5.41) is 12.4. The van der Waals surface area contributed by atoms with Crippen LogP contribution in [0, 0.1) is 6.92 Å². The Morgan fingerprint density at radius 2 is 1.90 bits per heavy atom. The lowest BCUT2D eigenvalue weighted by Crippen LogP contribution is -2.19. The summed E-state index contributed by atoms with van der Waals surface area (Å²) in [5.41, 5.74) is 10.00. The van der Waals surface area contributed by atoms with E-state index in [1.165, 1.54) is 0 Å². The first-order chi connectivity index (χ1) is 9.66. The minimum Gasteiger partial charge on any atom is -0.318 e. The average molecular weight is 268 g/mol. The van der Waals surface area contributed by atoms with Gasteiger partial charge < -0.3 is 5.73 Å². The first kappa shape index (κ1) is 12.6. The molecule has 0 saturated carbocycles. The van der Waals surface area contributed by atoms with Crippen LogP contribution in [0.4, 0.5) is 0 Å². The van der Waals surface area contributed by atoms with Crippen LogP contribution in [-0.4, -0.2) is 24.8 Å². The van der Waals surface area contributed by atoms with Crippen LogP contribution in [0.1, 0.15) is 23.1 Å². The van der Waals surface area contributed by atoms with Gasteiger partial charge in [-0.1, -0.05) is 23.4 Å². The molecule has 2 N–H and O–H groups in total. The molecule has 3 aromatic rings. The number of nitrogens with two attached hydrogens (primary N) is 1. The van der Waals surface area contributed by atoms with Crippen molar-refractivity contribution in [2.75, 3.05) is 0 Å². The van der Waals surface area contributed by atoms with Crippen LogP contribution in [0.15, 0.2) is 42.6 Å². The molecule has 0 bridgehead atoms. The van der Waals surface area contributed by atoms with Crippen molar-refractivity contribution >= 4 is 0 Å².